The van der Waals surface area contributed by atoms with Gasteiger partial charge >= 0.3 is 0 Å². The topological polar surface area (TPSA) is 92.3 Å². The fourth-order valence-electron chi connectivity index (χ4n) is 3.32. The molecule has 1 fully saturated rings. The summed E-state index contributed by atoms with van der Waals surface area (Å²) in [4.78, 5) is 14.7. The Balaban J connectivity index is 1.44. The molecule has 31 heavy (non-hydrogen) atoms. The van der Waals surface area contributed by atoms with Gasteiger partial charge in [0.15, 0.2) is 14.2 Å². The largest absolute Gasteiger partial charge is 0.329 e. The van der Waals surface area contributed by atoms with E-state index in [0.29, 0.717) is 26.6 Å². The first-order valence-corrected chi connectivity index (χ1v) is 13.5. The minimum absolute atomic E-state index is 0.0109. The zero-order chi connectivity index (χ0) is 21.8. The summed E-state index contributed by atoms with van der Waals surface area (Å²) in [5.41, 5.74) is 1.43. The number of rotatable bonds is 7. The third kappa shape index (κ3) is 5.57. The van der Waals surface area contributed by atoms with E-state index in [1.807, 2.05) is 48.5 Å². The van der Waals surface area contributed by atoms with E-state index in [9.17, 15) is 13.2 Å². The van der Waals surface area contributed by atoms with Crippen molar-refractivity contribution in [1.29, 1.82) is 0 Å². The second-order valence-corrected chi connectivity index (χ2v) is 11.8. The highest BCUT2D eigenvalue weighted by molar-refractivity contribution is 8.01. The van der Waals surface area contributed by atoms with Gasteiger partial charge in [-0.15, -0.1) is 10.2 Å². The lowest BCUT2D eigenvalue weighted by Gasteiger charge is -2.28. The summed E-state index contributed by atoms with van der Waals surface area (Å²) in [6.07, 6.45) is 0.443. The molecular weight excluding hydrogens is 476 g/mol. The normalized spacial score (nSPS) is 17.4. The molecule has 0 unspecified atom stereocenters. The first-order chi connectivity index (χ1) is 14.9. The molecule has 4 rings (SSSR count). The maximum Gasteiger partial charge on any atom is 0.237 e. The van der Waals surface area contributed by atoms with Crippen LogP contribution in [-0.4, -0.2) is 47.8 Å². The predicted octanol–water partition coefficient (Wildman–Crippen LogP) is 4.25. The molecule has 3 aromatic rings. The number of anilines is 3. The summed E-state index contributed by atoms with van der Waals surface area (Å²) in [5, 5.41) is 12.5. The highest BCUT2D eigenvalue weighted by Crippen LogP contribution is 2.31. The van der Waals surface area contributed by atoms with E-state index in [1.54, 1.807) is 11.0 Å². The molecule has 1 saturated heterocycles. The highest BCUT2D eigenvalue weighted by atomic mass is 35.5. The second kappa shape index (κ2) is 9.56. The van der Waals surface area contributed by atoms with Crippen LogP contribution < -0.4 is 10.2 Å². The minimum atomic E-state index is -3.12. The third-order valence-electron chi connectivity index (χ3n) is 4.72. The first-order valence-electron chi connectivity index (χ1n) is 9.47. The van der Waals surface area contributed by atoms with Gasteiger partial charge in [-0.05, 0) is 30.7 Å². The lowest BCUT2D eigenvalue weighted by Crippen LogP contribution is -2.42. The van der Waals surface area contributed by atoms with Gasteiger partial charge in [0, 0.05) is 5.69 Å². The van der Waals surface area contributed by atoms with Crippen molar-refractivity contribution >= 4 is 67.0 Å². The minimum Gasteiger partial charge on any atom is -0.329 e. The predicted molar refractivity (Wildman–Crippen MR) is 126 cm³/mol. The SMILES string of the molecule is O=C(CSc1nnc(Nc2ccccc2Cl)s1)N(c1ccccc1)[C@H]1CCS(=O)(=O)C1. The fourth-order valence-corrected chi connectivity index (χ4v) is 6.82. The van der Waals surface area contributed by atoms with Crippen molar-refractivity contribution in [2.75, 3.05) is 27.5 Å². The lowest BCUT2D eigenvalue weighted by atomic mass is 10.2. The number of carbonyl (C=O) groups excluding carboxylic acids is 1. The molecular formula is C20H19ClN4O3S3. The van der Waals surface area contributed by atoms with Gasteiger partial charge in [0.05, 0.1) is 34.0 Å². The number of nitrogens with zero attached hydrogens (tertiary/aromatic N) is 3. The molecule has 0 radical (unpaired) electrons. The van der Waals surface area contributed by atoms with Crippen molar-refractivity contribution < 1.29 is 13.2 Å². The van der Waals surface area contributed by atoms with Crippen molar-refractivity contribution in [1.82, 2.24) is 10.2 Å². The Morgan fingerprint density at radius 2 is 1.90 bits per heavy atom. The molecule has 1 aliphatic heterocycles. The van der Waals surface area contributed by atoms with Gasteiger partial charge in [0.2, 0.25) is 11.0 Å². The van der Waals surface area contributed by atoms with E-state index in [0.717, 1.165) is 5.69 Å². The van der Waals surface area contributed by atoms with Crippen LogP contribution in [0.2, 0.25) is 5.02 Å². The number of aromatic nitrogens is 2. The van der Waals surface area contributed by atoms with Crippen LogP contribution in [0.4, 0.5) is 16.5 Å². The Kier molecular flexibility index (Phi) is 6.80. The maximum atomic E-state index is 13.1. The van der Waals surface area contributed by atoms with Gasteiger partial charge in [-0.25, -0.2) is 8.42 Å². The van der Waals surface area contributed by atoms with Crippen LogP contribution >= 0.6 is 34.7 Å². The number of hydrogen-bond donors (Lipinski definition) is 1. The van der Waals surface area contributed by atoms with E-state index in [1.165, 1.54) is 23.1 Å². The van der Waals surface area contributed by atoms with Crippen molar-refractivity contribution in [3.05, 3.63) is 59.6 Å². The molecule has 0 saturated carbocycles. The second-order valence-electron chi connectivity index (χ2n) is 6.92. The average molecular weight is 495 g/mol. The molecule has 2 aromatic carbocycles. The quantitative estimate of drug-likeness (QED) is 0.491. The molecule has 1 aliphatic rings. The summed E-state index contributed by atoms with van der Waals surface area (Å²) >= 11 is 8.75. The molecule has 11 heteroatoms. The first kappa shape index (κ1) is 22.1. The number of amides is 1. The maximum absolute atomic E-state index is 13.1. The standard InChI is InChI=1S/C20H19ClN4O3S3/c21-16-8-4-5-9-17(16)22-19-23-24-20(30-19)29-12-18(26)25(14-6-2-1-3-7-14)15-10-11-31(27,28)13-15/h1-9,15H,10-13H2,(H,22,23)/t15-/m0/s1. The number of sulfone groups is 1. The van der Waals surface area contributed by atoms with Crippen molar-refractivity contribution in [3.63, 3.8) is 0 Å². The van der Waals surface area contributed by atoms with Gasteiger partial charge in [-0.1, -0.05) is 65.0 Å². The molecule has 2 heterocycles. The Morgan fingerprint density at radius 3 is 2.61 bits per heavy atom. The van der Waals surface area contributed by atoms with Crippen LogP contribution in [-0.2, 0) is 14.6 Å². The van der Waals surface area contributed by atoms with E-state index in [-0.39, 0.29) is 29.2 Å². The van der Waals surface area contributed by atoms with Gasteiger partial charge in [0.1, 0.15) is 0 Å². The van der Waals surface area contributed by atoms with Gasteiger partial charge < -0.3 is 10.2 Å². The molecule has 1 atom stereocenters. The number of halogens is 1. The number of thioether (sulfide) groups is 1. The third-order valence-corrected chi connectivity index (χ3v) is 8.75. The van der Waals surface area contributed by atoms with Gasteiger partial charge in [0.25, 0.3) is 0 Å². The number of benzene rings is 2. The van der Waals surface area contributed by atoms with Gasteiger partial charge in [-0.2, -0.15) is 0 Å². The molecule has 1 N–H and O–H groups in total. The van der Waals surface area contributed by atoms with Crippen LogP contribution in [0, 0.1) is 0 Å². The summed E-state index contributed by atoms with van der Waals surface area (Å²) in [6.45, 7) is 0. The summed E-state index contributed by atoms with van der Waals surface area (Å²) in [6, 6.07) is 16.2. The fraction of sp³-hybridized carbons (Fsp3) is 0.250. The average Bonchev–Trinajstić information content (AvgIpc) is 3.35. The Bertz CT molecular complexity index is 1170. The Labute approximate surface area is 193 Å². The summed E-state index contributed by atoms with van der Waals surface area (Å²) in [7, 11) is -3.12. The monoisotopic (exact) mass is 494 g/mol. The van der Waals surface area contributed by atoms with Crippen molar-refractivity contribution in [3.8, 4) is 0 Å². The van der Waals surface area contributed by atoms with E-state index < -0.39 is 9.84 Å². The van der Waals surface area contributed by atoms with E-state index in [2.05, 4.69) is 15.5 Å². The zero-order valence-electron chi connectivity index (χ0n) is 16.3. The van der Waals surface area contributed by atoms with Crippen LogP contribution in [0.1, 0.15) is 6.42 Å². The Morgan fingerprint density at radius 1 is 1.16 bits per heavy atom. The lowest BCUT2D eigenvalue weighted by molar-refractivity contribution is -0.116. The molecule has 0 bridgehead atoms. The number of para-hydroxylation sites is 2. The summed E-state index contributed by atoms with van der Waals surface area (Å²) < 4.78 is 24.6. The molecule has 162 valence electrons. The van der Waals surface area contributed by atoms with Gasteiger partial charge in [-0.3, -0.25) is 4.79 Å². The smallest absolute Gasteiger partial charge is 0.237 e. The zero-order valence-corrected chi connectivity index (χ0v) is 19.5. The van der Waals surface area contributed by atoms with E-state index in [4.69, 9.17) is 11.6 Å². The van der Waals surface area contributed by atoms with Crippen molar-refractivity contribution in [2.24, 2.45) is 0 Å². The summed E-state index contributed by atoms with van der Waals surface area (Å²) in [5.74, 6) is 0.0680. The number of hydrogen-bond acceptors (Lipinski definition) is 8. The van der Waals surface area contributed by atoms with Crippen LogP contribution in [0.5, 0.6) is 0 Å². The molecule has 1 amide bonds. The molecule has 0 aliphatic carbocycles. The molecule has 7 nitrogen and oxygen atoms in total. The van der Waals surface area contributed by atoms with Crippen LogP contribution in [0.15, 0.2) is 58.9 Å². The molecule has 1 aromatic heterocycles. The highest BCUT2D eigenvalue weighted by Gasteiger charge is 2.35. The molecule has 0 spiro atoms. The number of carbonyl (C=O) groups is 1. The van der Waals surface area contributed by atoms with Crippen LogP contribution in [0.25, 0.3) is 0 Å². The van der Waals surface area contributed by atoms with E-state index >= 15 is 0 Å². The van der Waals surface area contributed by atoms with Crippen LogP contribution in [0.3, 0.4) is 0 Å². The van der Waals surface area contributed by atoms with Crippen molar-refractivity contribution in [2.45, 2.75) is 16.8 Å². The number of nitrogens with one attached hydrogen (secondary N) is 1. The Hall–Kier alpha value is -2.14.